The van der Waals surface area contributed by atoms with Crippen LogP contribution in [0.3, 0.4) is 0 Å². The lowest BCUT2D eigenvalue weighted by Gasteiger charge is -2.30. The molecule has 5 nitrogen and oxygen atoms in total. The fourth-order valence-electron chi connectivity index (χ4n) is 2.99. The molecule has 1 aliphatic heterocycles. The van der Waals surface area contributed by atoms with E-state index in [9.17, 15) is 9.59 Å². The summed E-state index contributed by atoms with van der Waals surface area (Å²) in [4.78, 5) is 31.3. The molecule has 6 heteroatoms. The van der Waals surface area contributed by atoms with Crippen molar-refractivity contribution in [2.75, 3.05) is 19.7 Å². The maximum absolute atomic E-state index is 12.3. The molecule has 1 unspecified atom stereocenters. The van der Waals surface area contributed by atoms with Gasteiger partial charge in [0.2, 0.25) is 0 Å². The number of piperidine rings is 1. The molecule has 0 bridgehead atoms. The fourth-order valence-corrected chi connectivity index (χ4v) is 3.96. The molecular weight excluding hydrogens is 336 g/mol. The van der Waals surface area contributed by atoms with E-state index in [1.165, 1.54) is 11.3 Å². The highest BCUT2D eigenvalue weighted by Crippen LogP contribution is 2.28. The molecule has 2 heterocycles. The Morgan fingerprint density at radius 2 is 2.08 bits per heavy atom. The Morgan fingerprint density at radius 1 is 1.32 bits per heavy atom. The van der Waals surface area contributed by atoms with Crippen LogP contribution >= 0.6 is 11.3 Å². The maximum atomic E-state index is 12.3. The Bertz CT molecular complexity index is 757. The SMILES string of the molecule is Cc1nc(-c2ccccc2)sc1C(=O)OCC(=O)N1CCCC(C)C1. The van der Waals surface area contributed by atoms with Crippen LogP contribution in [0.25, 0.3) is 10.6 Å². The van der Waals surface area contributed by atoms with Gasteiger partial charge in [0, 0.05) is 18.7 Å². The average molecular weight is 358 g/mol. The van der Waals surface area contributed by atoms with Gasteiger partial charge in [-0.05, 0) is 25.7 Å². The van der Waals surface area contributed by atoms with Crippen LogP contribution in [0.1, 0.15) is 35.1 Å². The summed E-state index contributed by atoms with van der Waals surface area (Å²) in [6.07, 6.45) is 2.15. The van der Waals surface area contributed by atoms with Crippen molar-refractivity contribution in [2.45, 2.75) is 26.7 Å². The molecule has 0 aliphatic carbocycles. The summed E-state index contributed by atoms with van der Waals surface area (Å²) < 4.78 is 5.25. The smallest absolute Gasteiger partial charge is 0.350 e. The zero-order valence-electron chi connectivity index (χ0n) is 14.5. The number of benzene rings is 1. The zero-order valence-corrected chi connectivity index (χ0v) is 15.3. The summed E-state index contributed by atoms with van der Waals surface area (Å²) in [7, 11) is 0. The minimum Gasteiger partial charge on any atom is -0.451 e. The van der Waals surface area contributed by atoms with Crippen molar-refractivity contribution in [1.82, 2.24) is 9.88 Å². The van der Waals surface area contributed by atoms with Gasteiger partial charge in [0.25, 0.3) is 5.91 Å². The molecule has 1 saturated heterocycles. The lowest BCUT2D eigenvalue weighted by molar-refractivity contribution is -0.136. The Kier molecular flexibility index (Phi) is 5.48. The van der Waals surface area contributed by atoms with E-state index in [0.29, 0.717) is 16.5 Å². The van der Waals surface area contributed by atoms with Gasteiger partial charge >= 0.3 is 5.97 Å². The number of nitrogens with zero attached hydrogens (tertiary/aromatic N) is 2. The molecule has 1 amide bonds. The summed E-state index contributed by atoms with van der Waals surface area (Å²) >= 11 is 1.30. The number of esters is 1. The molecule has 0 spiro atoms. The number of aryl methyl sites for hydroxylation is 1. The van der Waals surface area contributed by atoms with Gasteiger partial charge in [-0.3, -0.25) is 4.79 Å². The fraction of sp³-hybridized carbons (Fsp3) is 0.421. The van der Waals surface area contributed by atoms with Gasteiger partial charge in [0.1, 0.15) is 9.88 Å². The third kappa shape index (κ3) is 4.25. The van der Waals surface area contributed by atoms with Crippen molar-refractivity contribution in [1.29, 1.82) is 0 Å². The largest absolute Gasteiger partial charge is 0.451 e. The van der Waals surface area contributed by atoms with Gasteiger partial charge in [0.05, 0.1) is 5.69 Å². The lowest BCUT2D eigenvalue weighted by Crippen LogP contribution is -2.41. The second-order valence-corrected chi connectivity index (χ2v) is 7.46. The first-order valence-corrected chi connectivity index (χ1v) is 9.34. The van der Waals surface area contributed by atoms with E-state index in [2.05, 4.69) is 11.9 Å². The van der Waals surface area contributed by atoms with Crippen molar-refractivity contribution in [3.05, 3.63) is 40.9 Å². The first kappa shape index (κ1) is 17.6. The van der Waals surface area contributed by atoms with Crippen LogP contribution < -0.4 is 0 Å². The third-order valence-electron chi connectivity index (χ3n) is 4.34. The molecule has 1 atom stereocenters. The van der Waals surface area contributed by atoms with Gasteiger partial charge in [-0.2, -0.15) is 0 Å². The molecular formula is C19H22N2O3S. The van der Waals surface area contributed by atoms with Gasteiger partial charge in [-0.1, -0.05) is 37.3 Å². The average Bonchev–Trinajstić information content (AvgIpc) is 3.02. The highest BCUT2D eigenvalue weighted by Gasteiger charge is 2.23. The number of aromatic nitrogens is 1. The highest BCUT2D eigenvalue weighted by atomic mass is 32.1. The number of hydrogen-bond donors (Lipinski definition) is 0. The predicted octanol–water partition coefficient (Wildman–Crippen LogP) is 3.53. The summed E-state index contributed by atoms with van der Waals surface area (Å²) in [6.45, 7) is 5.21. The van der Waals surface area contributed by atoms with Gasteiger partial charge in [-0.15, -0.1) is 11.3 Å². The Hall–Kier alpha value is -2.21. The molecule has 1 aromatic carbocycles. The molecule has 0 saturated carbocycles. The standard InChI is InChI=1S/C19H22N2O3S/c1-13-7-6-10-21(11-13)16(22)12-24-19(23)17-14(2)20-18(25-17)15-8-4-3-5-9-15/h3-5,8-9,13H,6-7,10-12H2,1-2H3. The first-order valence-electron chi connectivity index (χ1n) is 8.52. The first-order chi connectivity index (χ1) is 12.0. The van der Waals surface area contributed by atoms with Crippen molar-refractivity contribution in [2.24, 2.45) is 5.92 Å². The normalized spacial score (nSPS) is 17.4. The Morgan fingerprint density at radius 3 is 2.80 bits per heavy atom. The monoisotopic (exact) mass is 358 g/mol. The lowest BCUT2D eigenvalue weighted by atomic mass is 10.0. The van der Waals surface area contributed by atoms with Crippen LogP contribution in [0.4, 0.5) is 0 Å². The predicted molar refractivity (Wildman–Crippen MR) is 97.5 cm³/mol. The number of rotatable bonds is 4. The minimum absolute atomic E-state index is 0.120. The zero-order chi connectivity index (χ0) is 17.8. The van der Waals surface area contributed by atoms with Crippen LogP contribution in [-0.2, 0) is 9.53 Å². The van der Waals surface area contributed by atoms with Gasteiger partial charge in [-0.25, -0.2) is 9.78 Å². The number of amides is 1. The summed E-state index contributed by atoms with van der Waals surface area (Å²) in [6, 6.07) is 9.71. The molecule has 1 aliphatic rings. The number of ether oxygens (including phenoxy) is 1. The van der Waals surface area contributed by atoms with E-state index < -0.39 is 5.97 Å². The Balaban J connectivity index is 1.62. The number of hydrogen-bond acceptors (Lipinski definition) is 5. The van der Waals surface area contributed by atoms with Gasteiger partial charge in [0.15, 0.2) is 6.61 Å². The van der Waals surface area contributed by atoms with E-state index in [1.807, 2.05) is 30.3 Å². The topological polar surface area (TPSA) is 59.5 Å². The minimum atomic E-state index is -0.476. The van der Waals surface area contributed by atoms with E-state index in [-0.39, 0.29) is 12.5 Å². The number of thiazole rings is 1. The number of carbonyl (C=O) groups excluding carboxylic acids is 2. The molecule has 2 aromatic rings. The second kappa shape index (κ2) is 7.78. The van der Waals surface area contributed by atoms with Crippen LogP contribution in [0.15, 0.2) is 30.3 Å². The van der Waals surface area contributed by atoms with E-state index >= 15 is 0 Å². The van der Waals surface area contributed by atoms with Crippen molar-refractivity contribution < 1.29 is 14.3 Å². The van der Waals surface area contributed by atoms with E-state index in [1.54, 1.807) is 11.8 Å². The van der Waals surface area contributed by atoms with Crippen molar-refractivity contribution >= 4 is 23.2 Å². The molecule has 132 valence electrons. The number of likely N-dealkylation sites (tertiary alicyclic amines) is 1. The van der Waals surface area contributed by atoms with Gasteiger partial charge < -0.3 is 9.64 Å². The van der Waals surface area contributed by atoms with E-state index in [0.717, 1.165) is 36.5 Å². The van der Waals surface area contributed by atoms with Crippen LogP contribution in [0.2, 0.25) is 0 Å². The summed E-state index contributed by atoms with van der Waals surface area (Å²) in [5.74, 6) is -0.0912. The summed E-state index contributed by atoms with van der Waals surface area (Å²) in [5.41, 5.74) is 1.60. The van der Waals surface area contributed by atoms with Crippen LogP contribution in [0, 0.1) is 12.8 Å². The molecule has 25 heavy (non-hydrogen) atoms. The maximum Gasteiger partial charge on any atom is 0.350 e. The Labute approximate surface area is 151 Å². The van der Waals surface area contributed by atoms with E-state index in [4.69, 9.17) is 4.74 Å². The quantitative estimate of drug-likeness (QED) is 0.785. The van der Waals surface area contributed by atoms with Crippen molar-refractivity contribution in [3.63, 3.8) is 0 Å². The van der Waals surface area contributed by atoms with Crippen molar-refractivity contribution in [3.8, 4) is 10.6 Å². The number of carbonyl (C=O) groups is 2. The summed E-state index contributed by atoms with van der Waals surface area (Å²) in [5, 5.41) is 0.779. The molecule has 0 N–H and O–H groups in total. The van der Waals surface area contributed by atoms with Crippen LogP contribution in [0.5, 0.6) is 0 Å². The molecule has 3 rings (SSSR count). The third-order valence-corrected chi connectivity index (χ3v) is 5.53. The molecule has 1 aromatic heterocycles. The highest BCUT2D eigenvalue weighted by molar-refractivity contribution is 7.17. The molecule has 1 fully saturated rings. The second-order valence-electron chi connectivity index (χ2n) is 6.46. The van der Waals surface area contributed by atoms with Crippen LogP contribution in [-0.4, -0.2) is 41.5 Å². The molecule has 0 radical (unpaired) electrons.